The third kappa shape index (κ3) is 2.83. The summed E-state index contributed by atoms with van der Waals surface area (Å²) in [7, 11) is 0. The molecule has 1 aromatic heterocycles. The van der Waals surface area contributed by atoms with E-state index in [9.17, 15) is 4.79 Å². The number of hydrogen-bond acceptors (Lipinski definition) is 4. The molecule has 0 radical (unpaired) electrons. The number of rotatable bonds is 2. The molecule has 1 aliphatic rings. The van der Waals surface area contributed by atoms with Gasteiger partial charge in [-0.3, -0.25) is 4.79 Å². The molecule has 21 heavy (non-hydrogen) atoms. The van der Waals surface area contributed by atoms with Crippen molar-refractivity contribution in [3.05, 3.63) is 42.3 Å². The number of carbonyl (C=O) groups is 1. The maximum atomic E-state index is 12.5. The van der Waals surface area contributed by atoms with E-state index in [0.717, 1.165) is 18.4 Å². The van der Waals surface area contributed by atoms with Crippen LogP contribution in [-0.4, -0.2) is 34.4 Å². The van der Waals surface area contributed by atoms with Crippen LogP contribution in [0.2, 0.25) is 0 Å². The topological polar surface area (TPSA) is 72.4 Å². The summed E-state index contributed by atoms with van der Waals surface area (Å²) in [6.07, 6.45) is 3.10. The van der Waals surface area contributed by atoms with Crippen LogP contribution in [0.1, 0.15) is 30.3 Å². The lowest BCUT2D eigenvalue weighted by atomic mass is 9.99. The summed E-state index contributed by atoms with van der Waals surface area (Å²) in [6, 6.07) is 9.88. The summed E-state index contributed by atoms with van der Waals surface area (Å²) in [5, 5.41) is 0. The third-order valence-electron chi connectivity index (χ3n) is 3.92. The average molecular weight is 285 g/mol. The molecule has 0 aliphatic carbocycles. The van der Waals surface area contributed by atoms with E-state index in [1.807, 2.05) is 42.2 Å². The van der Waals surface area contributed by atoms with Crippen molar-refractivity contribution in [2.45, 2.75) is 31.8 Å². The molecule has 1 aromatic carbocycles. The Balaban J connectivity index is 1.78. The van der Waals surface area contributed by atoms with Gasteiger partial charge in [-0.2, -0.15) is 0 Å². The van der Waals surface area contributed by atoms with Gasteiger partial charge in [0, 0.05) is 24.2 Å². The number of benzene rings is 1. The first-order chi connectivity index (χ1) is 10.1. The zero-order valence-electron chi connectivity index (χ0n) is 12.0. The first-order valence-electron chi connectivity index (χ1n) is 7.22. The lowest BCUT2D eigenvalue weighted by molar-refractivity contribution is 0.0613. The van der Waals surface area contributed by atoms with Crippen molar-refractivity contribution in [3.8, 4) is 11.5 Å². The van der Waals surface area contributed by atoms with Crippen LogP contribution in [0.5, 0.6) is 0 Å². The van der Waals surface area contributed by atoms with E-state index in [1.54, 1.807) is 0 Å². The van der Waals surface area contributed by atoms with E-state index in [-0.39, 0.29) is 18.0 Å². The van der Waals surface area contributed by atoms with Crippen molar-refractivity contribution in [2.75, 3.05) is 6.54 Å². The highest BCUT2D eigenvalue weighted by molar-refractivity contribution is 5.92. The van der Waals surface area contributed by atoms with Gasteiger partial charge >= 0.3 is 0 Å². The zero-order valence-corrected chi connectivity index (χ0v) is 12.0. The van der Waals surface area contributed by atoms with Crippen LogP contribution in [0.4, 0.5) is 0 Å². The average Bonchev–Trinajstić information content (AvgIpc) is 2.97. The van der Waals surface area contributed by atoms with Crippen LogP contribution in [-0.2, 0) is 0 Å². The predicted molar refractivity (Wildman–Crippen MR) is 79.6 cm³/mol. The fourth-order valence-electron chi connectivity index (χ4n) is 2.74. The molecule has 5 heteroatoms. The highest BCUT2D eigenvalue weighted by Gasteiger charge is 2.29. The number of nitrogens with two attached hydrogens (primary N) is 1. The van der Waals surface area contributed by atoms with Crippen LogP contribution in [0.15, 0.2) is 41.0 Å². The second kappa shape index (κ2) is 5.69. The molecule has 3 rings (SSSR count). The number of piperidine rings is 1. The number of likely N-dealkylation sites (tertiary alicyclic amines) is 1. The standard InChI is InChI=1S/C16H19N3O2/c1-11-9-13(17)7-8-19(11)16(20)14-10-21-15(18-14)12-5-3-2-4-6-12/h2-6,10-11,13H,7-9,17H2,1H3/t11-,13-/m0/s1. The highest BCUT2D eigenvalue weighted by Crippen LogP contribution is 2.22. The van der Waals surface area contributed by atoms with Crippen LogP contribution in [0.25, 0.3) is 11.5 Å². The van der Waals surface area contributed by atoms with Gasteiger partial charge in [-0.05, 0) is 31.9 Å². The molecule has 1 saturated heterocycles. The Bertz CT molecular complexity index is 623. The van der Waals surface area contributed by atoms with Crippen LogP contribution in [0, 0.1) is 0 Å². The van der Waals surface area contributed by atoms with E-state index in [1.165, 1.54) is 6.26 Å². The molecule has 0 unspecified atom stereocenters. The Kier molecular flexibility index (Phi) is 3.75. The zero-order chi connectivity index (χ0) is 14.8. The highest BCUT2D eigenvalue weighted by atomic mass is 16.3. The first-order valence-corrected chi connectivity index (χ1v) is 7.22. The van der Waals surface area contributed by atoms with E-state index < -0.39 is 0 Å². The lowest BCUT2D eigenvalue weighted by Gasteiger charge is -2.35. The minimum Gasteiger partial charge on any atom is -0.444 e. The van der Waals surface area contributed by atoms with Crippen molar-refractivity contribution < 1.29 is 9.21 Å². The molecule has 0 bridgehead atoms. The van der Waals surface area contributed by atoms with Crippen LogP contribution in [0.3, 0.4) is 0 Å². The van der Waals surface area contributed by atoms with Crippen molar-refractivity contribution in [1.29, 1.82) is 0 Å². The van der Waals surface area contributed by atoms with Gasteiger partial charge in [0.2, 0.25) is 5.89 Å². The number of nitrogens with zero attached hydrogens (tertiary/aromatic N) is 2. The molecule has 2 atom stereocenters. The van der Waals surface area contributed by atoms with Gasteiger partial charge in [0.05, 0.1) is 0 Å². The first kappa shape index (κ1) is 13.8. The molecular weight excluding hydrogens is 266 g/mol. The fraction of sp³-hybridized carbons (Fsp3) is 0.375. The molecule has 1 aliphatic heterocycles. The van der Waals surface area contributed by atoms with Crippen LogP contribution >= 0.6 is 0 Å². The molecule has 1 fully saturated rings. The Morgan fingerprint density at radius 3 is 2.86 bits per heavy atom. The van der Waals surface area contributed by atoms with Gasteiger partial charge in [0.1, 0.15) is 6.26 Å². The van der Waals surface area contributed by atoms with Gasteiger partial charge < -0.3 is 15.1 Å². The quantitative estimate of drug-likeness (QED) is 0.919. The number of aromatic nitrogens is 1. The summed E-state index contributed by atoms with van der Waals surface area (Å²) in [5.41, 5.74) is 7.16. The predicted octanol–water partition coefficient (Wildman–Crippen LogP) is 2.29. The maximum Gasteiger partial charge on any atom is 0.276 e. The van der Waals surface area contributed by atoms with Gasteiger partial charge in [-0.15, -0.1) is 0 Å². The Hall–Kier alpha value is -2.14. The van der Waals surface area contributed by atoms with Gasteiger partial charge in [-0.25, -0.2) is 4.98 Å². The number of amides is 1. The fourth-order valence-corrected chi connectivity index (χ4v) is 2.74. The largest absolute Gasteiger partial charge is 0.444 e. The smallest absolute Gasteiger partial charge is 0.276 e. The Morgan fingerprint density at radius 2 is 2.14 bits per heavy atom. The third-order valence-corrected chi connectivity index (χ3v) is 3.92. The van der Waals surface area contributed by atoms with Crippen LogP contribution < -0.4 is 5.73 Å². The number of hydrogen-bond donors (Lipinski definition) is 1. The van der Waals surface area contributed by atoms with E-state index >= 15 is 0 Å². The summed E-state index contributed by atoms with van der Waals surface area (Å²) in [5.74, 6) is 0.389. The van der Waals surface area contributed by atoms with Gasteiger partial charge in [0.25, 0.3) is 5.91 Å². The van der Waals surface area contributed by atoms with E-state index in [2.05, 4.69) is 4.98 Å². The molecule has 1 amide bonds. The van der Waals surface area contributed by atoms with Gasteiger partial charge in [0.15, 0.2) is 5.69 Å². The normalized spacial score (nSPS) is 22.3. The summed E-state index contributed by atoms with van der Waals surface area (Å²) < 4.78 is 5.44. The Labute approximate surface area is 123 Å². The lowest BCUT2D eigenvalue weighted by Crippen LogP contribution is -2.48. The minimum absolute atomic E-state index is 0.0830. The molecular formula is C16H19N3O2. The van der Waals surface area contributed by atoms with E-state index in [0.29, 0.717) is 18.1 Å². The molecule has 5 nitrogen and oxygen atoms in total. The number of oxazole rings is 1. The Morgan fingerprint density at radius 1 is 1.38 bits per heavy atom. The second-order valence-electron chi connectivity index (χ2n) is 5.54. The summed E-state index contributed by atoms with van der Waals surface area (Å²) in [6.45, 7) is 2.70. The summed E-state index contributed by atoms with van der Waals surface area (Å²) >= 11 is 0. The monoisotopic (exact) mass is 285 g/mol. The summed E-state index contributed by atoms with van der Waals surface area (Å²) in [4.78, 5) is 18.7. The van der Waals surface area contributed by atoms with Gasteiger partial charge in [-0.1, -0.05) is 18.2 Å². The van der Waals surface area contributed by atoms with Crippen molar-refractivity contribution >= 4 is 5.91 Å². The molecule has 110 valence electrons. The molecule has 0 spiro atoms. The SMILES string of the molecule is C[C@H]1C[C@@H](N)CCN1C(=O)c1coc(-c2ccccc2)n1. The van der Waals surface area contributed by atoms with E-state index in [4.69, 9.17) is 10.2 Å². The minimum atomic E-state index is -0.0830. The van der Waals surface area contributed by atoms with Crippen molar-refractivity contribution in [1.82, 2.24) is 9.88 Å². The molecule has 2 aromatic rings. The maximum absolute atomic E-state index is 12.5. The van der Waals surface area contributed by atoms with Crippen molar-refractivity contribution in [2.24, 2.45) is 5.73 Å². The van der Waals surface area contributed by atoms with Crippen molar-refractivity contribution in [3.63, 3.8) is 0 Å². The molecule has 2 N–H and O–H groups in total. The molecule has 2 heterocycles. The second-order valence-corrected chi connectivity index (χ2v) is 5.54. The number of carbonyl (C=O) groups excluding carboxylic acids is 1. The molecule has 0 saturated carbocycles.